The highest BCUT2D eigenvalue weighted by atomic mass is 16.8. The molecule has 3 saturated heterocycles. The summed E-state index contributed by atoms with van der Waals surface area (Å²) in [6, 6.07) is -0.895. The van der Waals surface area contributed by atoms with Gasteiger partial charge in [-0.25, -0.2) is 0 Å². The lowest BCUT2D eigenvalue weighted by molar-refractivity contribution is -0.379. The second kappa shape index (κ2) is 69.3. The highest BCUT2D eigenvalue weighted by Gasteiger charge is 2.54. The van der Waals surface area contributed by atoms with Gasteiger partial charge in [0.1, 0.15) is 73.2 Å². The predicted octanol–water partition coefficient (Wildman–Crippen LogP) is 16.5. The van der Waals surface area contributed by atoms with Crippen LogP contribution in [0.25, 0.3) is 0 Å². The Hall–Kier alpha value is -3.03. The molecule has 3 aliphatic rings. The van der Waals surface area contributed by atoms with E-state index < -0.39 is 124 Å². The highest BCUT2D eigenvalue weighted by Crippen LogP contribution is 2.34. The van der Waals surface area contributed by atoms with Crippen LogP contribution in [-0.2, 0) is 33.2 Å². The van der Waals surface area contributed by atoms with Crippen LogP contribution in [0, 0.1) is 0 Å². The fourth-order valence-corrected chi connectivity index (χ4v) is 14.7. The van der Waals surface area contributed by atoms with E-state index in [0.717, 1.165) is 96.3 Å². The summed E-state index contributed by atoms with van der Waals surface area (Å²) in [7, 11) is 0. The van der Waals surface area contributed by atoms with Crippen molar-refractivity contribution in [2.24, 2.45) is 0 Å². The van der Waals surface area contributed by atoms with Crippen molar-refractivity contribution in [3.63, 3.8) is 0 Å². The van der Waals surface area contributed by atoms with E-state index in [1.807, 2.05) is 0 Å². The summed E-state index contributed by atoms with van der Waals surface area (Å²) in [6.45, 7) is 1.73. The van der Waals surface area contributed by atoms with Crippen LogP contribution in [0.2, 0.25) is 0 Å². The van der Waals surface area contributed by atoms with Gasteiger partial charge < -0.3 is 89.9 Å². The minimum absolute atomic E-state index is 0.242. The fraction of sp³-hybridized carbons (Fsp3) is 0.833. The van der Waals surface area contributed by atoms with Gasteiger partial charge in [-0.3, -0.25) is 4.79 Å². The molecular weight excluding hydrogens is 1380 g/mol. The number of allylic oxidation sites excluding steroid dienone is 14. The van der Waals surface area contributed by atoms with Gasteiger partial charge in [0.25, 0.3) is 0 Å². The molecule has 0 aromatic carbocycles. The molecule has 19 heteroatoms. The standard InChI is InChI=1S/C90H161NO18/c1-3-5-7-9-11-13-15-17-19-21-23-25-27-29-31-33-34-35-36-37-38-40-42-44-46-48-50-52-54-56-58-60-62-64-66-68-78(96)91-73(74(95)67-65-63-61-59-57-55-53-51-49-47-45-43-41-39-32-30-28-26-24-22-20-18-16-14-12-10-8-6-4-2)72-104-88-84(102)81(99)86(76(70-93)106-88)109-90-85(103)82(100)87(77(71-94)107-90)108-89-83(101)80(98)79(97)75(69-92)105-89/h5,7,11,13,17,19,23,25,29,31,34-35,37-38,73-77,79-90,92-95,97-103H,3-4,6,8-10,12,14-16,18,20-22,24,26-28,30,32-33,36,39-72H2,1-2H3,(H,91,96)/b7-5-,13-11-,19-17-,25-23-,31-29-,35-34-,38-37-. The van der Waals surface area contributed by atoms with Crippen LogP contribution in [0.3, 0.4) is 0 Å². The maximum Gasteiger partial charge on any atom is 0.220 e. The van der Waals surface area contributed by atoms with Crippen molar-refractivity contribution in [2.45, 2.75) is 452 Å². The molecule has 12 N–H and O–H groups in total. The molecule has 0 spiro atoms. The van der Waals surface area contributed by atoms with Gasteiger partial charge in [-0.15, -0.1) is 0 Å². The Balaban J connectivity index is 1.33. The summed E-state index contributed by atoms with van der Waals surface area (Å²) >= 11 is 0. The van der Waals surface area contributed by atoms with Gasteiger partial charge in [0, 0.05) is 6.42 Å². The van der Waals surface area contributed by atoms with Crippen molar-refractivity contribution in [1.29, 1.82) is 0 Å². The lowest BCUT2D eigenvalue weighted by atomic mass is 9.96. The van der Waals surface area contributed by atoms with E-state index in [2.05, 4.69) is 104 Å². The third kappa shape index (κ3) is 48.2. The highest BCUT2D eigenvalue weighted by molar-refractivity contribution is 5.76. The molecule has 1 amide bonds. The zero-order valence-corrected chi connectivity index (χ0v) is 68.3. The number of amides is 1. The average Bonchev–Trinajstić information content (AvgIpc) is 0.749. The van der Waals surface area contributed by atoms with E-state index in [-0.39, 0.29) is 18.9 Å². The van der Waals surface area contributed by atoms with E-state index >= 15 is 0 Å². The Morgan fingerprint density at radius 2 is 0.633 bits per heavy atom. The number of aliphatic hydroxyl groups is 11. The van der Waals surface area contributed by atoms with Gasteiger partial charge in [0.15, 0.2) is 18.9 Å². The predicted molar refractivity (Wildman–Crippen MR) is 438 cm³/mol. The van der Waals surface area contributed by atoms with Gasteiger partial charge >= 0.3 is 0 Å². The summed E-state index contributed by atoms with van der Waals surface area (Å²) in [5.74, 6) is -0.242. The van der Waals surface area contributed by atoms with Gasteiger partial charge in [0.2, 0.25) is 5.91 Å². The van der Waals surface area contributed by atoms with Gasteiger partial charge in [-0.05, 0) is 70.6 Å². The number of aliphatic hydroxyl groups excluding tert-OH is 11. The van der Waals surface area contributed by atoms with E-state index in [1.165, 1.54) is 218 Å². The molecule has 0 saturated carbocycles. The van der Waals surface area contributed by atoms with Crippen LogP contribution < -0.4 is 5.32 Å². The molecule has 0 aliphatic carbocycles. The van der Waals surface area contributed by atoms with Crippen molar-refractivity contribution in [3.05, 3.63) is 85.1 Å². The summed E-state index contributed by atoms with van der Waals surface area (Å²) in [5, 5.41) is 121. The zero-order valence-electron chi connectivity index (χ0n) is 68.3. The Bertz CT molecular complexity index is 2300. The lowest BCUT2D eigenvalue weighted by Gasteiger charge is -2.48. The topological polar surface area (TPSA) is 307 Å². The first-order valence-corrected chi connectivity index (χ1v) is 44.3. The van der Waals surface area contributed by atoms with E-state index in [0.29, 0.717) is 12.8 Å². The number of carbonyl (C=O) groups excluding carboxylic acids is 1. The first kappa shape index (κ1) is 100. The van der Waals surface area contributed by atoms with Crippen molar-refractivity contribution in [3.8, 4) is 0 Å². The maximum atomic E-state index is 13.5. The van der Waals surface area contributed by atoms with E-state index in [1.54, 1.807) is 0 Å². The molecule has 17 unspecified atom stereocenters. The Labute approximate surface area is 661 Å². The minimum Gasteiger partial charge on any atom is -0.394 e. The number of rotatable bonds is 71. The lowest BCUT2D eigenvalue weighted by Crippen LogP contribution is -2.66. The number of hydrogen-bond acceptors (Lipinski definition) is 18. The van der Waals surface area contributed by atoms with Crippen LogP contribution in [-0.4, -0.2) is 193 Å². The van der Waals surface area contributed by atoms with Gasteiger partial charge in [-0.1, -0.05) is 356 Å². The second-order valence-electron chi connectivity index (χ2n) is 31.3. The molecule has 0 radical (unpaired) electrons. The number of carbonyl (C=O) groups is 1. The fourth-order valence-electron chi connectivity index (χ4n) is 14.7. The smallest absolute Gasteiger partial charge is 0.220 e. The van der Waals surface area contributed by atoms with Crippen molar-refractivity contribution < 1.29 is 89.4 Å². The number of hydrogen-bond donors (Lipinski definition) is 12. The van der Waals surface area contributed by atoms with Gasteiger partial charge in [-0.2, -0.15) is 0 Å². The van der Waals surface area contributed by atoms with Gasteiger partial charge in [0.05, 0.1) is 38.6 Å². The SMILES string of the molecule is CC/C=C\C/C=C\C/C=C\C/C=C\C/C=C\C/C=C\C/C=C\CCCCCCCCCCCCCCCC(=O)NC(COC1OC(CO)C(OC2OC(CO)C(OC3OC(CO)C(O)C(O)C3O)C(O)C2O)C(O)C1O)C(O)CCCCCCCCCCCCCCCCCCCCCCCCCCCCCCC. The van der Waals surface area contributed by atoms with Crippen LogP contribution in [0.1, 0.15) is 348 Å². The quantitative estimate of drug-likeness (QED) is 0.0199. The summed E-state index contributed by atoms with van der Waals surface area (Å²) < 4.78 is 34.6. The van der Waals surface area contributed by atoms with Crippen LogP contribution in [0.4, 0.5) is 0 Å². The molecule has 3 aliphatic heterocycles. The molecular formula is C90H161NO18. The molecule has 0 aromatic heterocycles. The van der Waals surface area contributed by atoms with Crippen molar-refractivity contribution in [1.82, 2.24) is 5.32 Å². The molecule has 3 heterocycles. The third-order valence-corrected chi connectivity index (χ3v) is 21.7. The Morgan fingerprint density at radius 3 is 0.991 bits per heavy atom. The summed E-state index contributed by atoms with van der Waals surface area (Å²) in [4.78, 5) is 13.5. The maximum absolute atomic E-state index is 13.5. The summed E-state index contributed by atoms with van der Waals surface area (Å²) in [5.41, 5.74) is 0. The first-order valence-electron chi connectivity index (χ1n) is 44.3. The minimum atomic E-state index is -1.98. The third-order valence-electron chi connectivity index (χ3n) is 21.7. The van der Waals surface area contributed by atoms with Crippen LogP contribution in [0.5, 0.6) is 0 Å². The van der Waals surface area contributed by atoms with E-state index in [4.69, 9.17) is 28.4 Å². The number of unbranched alkanes of at least 4 members (excludes halogenated alkanes) is 41. The Morgan fingerprint density at radius 1 is 0.339 bits per heavy atom. The molecule has 0 bridgehead atoms. The molecule has 19 nitrogen and oxygen atoms in total. The Kier molecular flexibility index (Phi) is 63.7. The number of ether oxygens (including phenoxy) is 6. The summed E-state index contributed by atoms with van der Waals surface area (Å²) in [6.07, 6.45) is 66.7. The monoisotopic (exact) mass is 1540 g/mol. The molecule has 3 rings (SSSR count). The average molecular weight is 1550 g/mol. The van der Waals surface area contributed by atoms with Crippen LogP contribution >= 0.6 is 0 Å². The first-order chi connectivity index (χ1) is 53.3. The second-order valence-corrected chi connectivity index (χ2v) is 31.3. The number of nitrogens with one attached hydrogen (secondary N) is 1. The molecule has 109 heavy (non-hydrogen) atoms. The van der Waals surface area contributed by atoms with Crippen molar-refractivity contribution in [2.75, 3.05) is 26.4 Å². The van der Waals surface area contributed by atoms with Crippen molar-refractivity contribution >= 4 is 5.91 Å². The molecule has 0 aromatic rings. The molecule has 17 atom stereocenters. The van der Waals surface area contributed by atoms with Crippen LogP contribution in [0.15, 0.2) is 85.1 Å². The molecule has 3 fully saturated rings. The zero-order chi connectivity index (χ0) is 78.8. The van der Waals surface area contributed by atoms with E-state index in [9.17, 15) is 61.0 Å². The normalized spacial score (nSPS) is 25.7. The largest absolute Gasteiger partial charge is 0.394 e. The molecule has 634 valence electrons.